The van der Waals surface area contributed by atoms with Gasteiger partial charge in [0.15, 0.2) is 0 Å². The second-order valence-electron chi connectivity index (χ2n) is 4.29. The largest absolute Gasteiger partial charge is 0.350 e. The minimum atomic E-state index is -0.183. The number of allylic oxidation sites excluding steroid dienone is 1. The molecule has 4 nitrogen and oxygen atoms in total. The Kier molecular flexibility index (Phi) is 4.28. The van der Waals surface area contributed by atoms with E-state index in [-0.39, 0.29) is 23.8 Å². The summed E-state index contributed by atoms with van der Waals surface area (Å²) in [7, 11) is 0. The molecule has 0 aromatic heterocycles. The first-order valence-corrected chi connectivity index (χ1v) is 5.47. The Hall–Kier alpha value is -1.58. The van der Waals surface area contributed by atoms with Crippen LogP contribution in [0.1, 0.15) is 26.7 Å². The minimum Gasteiger partial charge on any atom is -0.350 e. The first-order chi connectivity index (χ1) is 7.49. The zero-order valence-corrected chi connectivity index (χ0v) is 9.75. The van der Waals surface area contributed by atoms with Crippen molar-refractivity contribution in [1.29, 1.82) is 0 Å². The Morgan fingerprint density at radius 2 is 1.94 bits per heavy atom. The van der Waals surface area contributed by atoms with E-state index >= 15 is 0 Å². The van der Waals surface area contributed by atoms with Crippen molar-refractivity contribution in [2.45, 2.75) is 32.7 Å². The maximum atomic E-state index is 11.3. The molecule has 0 aromatic carbocycles. The normalized spacial score (nSPS) is 15.2. The van der Waals surface area contributed by atoms with Gasteiger partial charge in [-0.15, -0.1) is 0 Å². The molecule has 0 unspecified atom stereocenters. The molecule has 88 valence electrons. The highest BCUT2D eigenvalue weighted by Crippen LogP contribution is 2.28. The summed E-state index contributed by atoms with van der Waals surface area (Å²) in [6, 6.07) is 0.103. The van der Waals surface area contributed by atoms with Crippen LogP contribution in [0.2, 0.25) is 0 Å². The van der Waals surface area contributed by atoms with Crippen LogP contribution in [-0.2, 0) is 9.59 Å². The molecular formula is C12H18N2O2. The number of rotatable bonds is 5. The predicted molar refractivity (Wildman–Crippen MR) is 62.4 cm³/mol. The summed E-state index contributed by atoms with van der Waals surface area (Å²) in [6.07, 6.45) is 4.79. The van der Waals surface area contributed by atoms with E-state index in [1.165, 1.54) is 12.2 Å². The molecule has 0 radical (unpaired) electrons. The van der Waals surface area contributed by atoms with Crippen LogP contribution in [0.15, 0.2) is 24.4 Å². The number of amides is 2. The smallest absolute Gasteiger partial charge is 0.244 e. The van der Waals surface area contributed by atoms with Crippen LogP contribution in [0.25, 0.3) is 0 Å². The highest BCUT2D eigenvalue weighted by molar-refractivity contribution is 5.88. The van der Waals surface area contributed by atoms with Crippen molar-refractivity contribution in [2.24, 2.45) is 5.92 Å². The number of hydrogen-bond donors (Lipinski definition) is 2. The van der Waals surface area contributed by atoms with Crippen LogP contribution < -0.4 is 10.6 Å². The Bertz CT molecular complexity index is 328. The molecule has 2 N–H and O–H groups in total. The topological polar surface area (TPSA) is 58.2 Å². The third kappa shape index (κ3) is 4.77. The van der Waals surface area contributed by atoms with Crippen LogP contribution in [0.5, 0.6) is 0 Å². The maximum absolute atomic E-state index is 11.3. The Balaban J connectivity index is 2.29. The van der Waals surface area contributed by atoms with E-state index in [1.54, 1.807) is 0 Å². The zero-order chi connectivity index (χ0) is 12.1. The Morgan fingerprint density at radius 3 is 2.44 bits per heavy atom. The monoisotopic (exact) mass is 222 g/mol. The first-order valence-electron chi connectivity index (χ1n) is 5.47. The molecule has 0 saturated heterocycles. The molecule has 0 heterocycles. The molecule has 1 aliphatic carbocycles. The van der Waals surface area contributed by atoms with E-state index in [9.17, 15) is 9.59 Å². The first kappa shape index (κ1) is 12.5. The van der Waals surface area contributed by atoms with E-state index in [1.807, 2.05) is 13.8 Å². The Morgan fingerprint density at radius 1 is 1.31 bits per heavy atom. The molecule has 4 heteroatoms. The molecule has 2 amide bonds. The second kappa shape index (κ2) is 5.49. The number of hydrogen-bond acceptors (Lipinski definition) is 2. The van der Waals surface area contributed by atoms with Gasteiger partial charge < -0.3 is 10.6 Å². The molecule has 0 aliphatic heterocycles. The van der Waals surface area contributed by atoms with Crippen molar-refractivity contribution < 1.29 is 9.59 Å². The lowest BCUT2D eigenvalue weighted by atomic mass is 10.3. The van der Waals surface area contributed by atoms with Crippen LogP contribution in [0, 0.1) is 5.92 Å². The zero-order valence-electron chi connectivity index (χ0n) is 9.75. The fourth-order valence-corrected chi connectivity index (χ4v) is 1.16. The van der Waals surface area contributed by atoms with Crippen molar-refractivity contribution in [1.82, 2.24) is 10.6 Å². The molecule has 1 saturated carbocycles. The maximum Gasteiger partial charge on any atom is 0.244 e. The summed E-state index contributed by atoms with van der Waals surface area (Å²) < 4.78 is 0. The standard InChI is InChI=1S/C12H18N2O2/c1-8(2)13-11(15)7-4-9(3)14-12(16)10-5-6-10/h4,7-8,10H,3,5-6H2,1-2H3,(H,13,15)(H,14,16)/b7-4+. The van der Waals surface area contributed by atoms with Gasteiger partial charge in [0.05, 0.1) is 0 Å². The highest BCUT2D eigenvalue weighted by Gasteiger charge is 2.29. The summed E-state index contributed by atoms with van der Waals surface area (Å²) in [5, 5.41) is 5.36. The van der Waals surface area contributed by atoms with Gasteiger partial charge in [-0.1, -0.05) is 6.58 Å². The van der Waals surface area contributed by atoms with Gasteiger partial charge in [-0.3, -0.25) is 9.59 Å². The molecule has 1 aliphatic rings. The van der Waals surface area contributed by atoms with Gasteiger partial charge >= 0.3 is 0 Å². The van der Waals surface area contributed by atoms with Crippen molar-refractivity contribution in [3.63, 3.8) is 0 Å². The van der Waals surface area contributed by atoms with E-state index in [4.69, 9.17) is 0 Å². The summed E-state index contributed by atoms with van der Waals surface area (Å²) in [5.74, 6) is -0.0367. The van der Waals surface area contributed by atoms with Crippen LogP contribution in [0.3, 0.4) is 0 Å². The summed E-state index contributed by atoms with van der Waals surface area (Å²) in [5.41, 5.74) is 0.454. The highest BCUT2D eigenvalue weighted by atomic mass is 16.2. The summed E-state index contributed by atoms with van der Waals surface area (Å²) in [4.78, 5) is 22.6. The molecule has 16 heavy (non-hydrogen) atoms. The quantitative estimate of drug-likeness (QED) is 0.540. The van der Waals surface area contributed by atoms with Gasteiger partial charge in [0.1, 0.15) is 0 Å². The molecule has 1 fully saturated rings. The van der Waals surface area contributed by atoms with Crippen molar-refractivity contribution in [2.75, 3.05) is 0 Å². The number of carbonyl (C=O) groups excluding carboxylic acids is 2. The van der Waals surface area contributed by atoms with Gasteiger partial charge in [-0.25, -0.2) is 0 Å². The summed E-state index contributed by atoms with van der Waals surface area (Å²) in [6.45, 7) is 7.43. The molecule has 0 spiro atoms. The van der Waals surface area contributed by atoms with Gasteiger partial charge in [0, 0.05) is 23.7 Å². The van der Waals surface area contributed by atoms with E-state index in [0.717, 1.165) is 12.8 Å². The lowest BCUT2D eigenvalue weighted by Crippen LogP contribution is -2.28. The average molecular weight is 222 g/mol. The molecule has 0 bridgehead atoms. The van der Waals surface area contributed by atoms with E-state index < -0.39 is 0 Å². The Labute approximate surface area is 95.8 Å². The fraction of sp³-hybridized carbons (Fsp3) is 0.500. The van der Waals surface area contributed by atoms with Crippen LogP contribution in [0.4, 0.5) is 0 Å². The average Bonchev–Trinajstić information content (AvgIpc) is 2.96. The second-order valence-corrected chi connectivity index (χ2v) is 4.29. The number of nitrogens with one attached hydrogen (secondary N) is 2. The third-order valence-corrected chi connectivity index (χ3v) is 2.10. The van der Waals surface area contributed by atoms with Gasteiger partial charge in [0.2, 0.25) is 11.8 Å². The number of carbonyl (C=O) groups is 2. The van der Waals surface area contributed by atoms with E-state index in [0.29, 0.717) is 5.70 Å². The molecule has 0 aromatic rings. The van der Waals surface area contributed by atoms with Gasteiger partial charge in [-0.05, 0) is 32.8 Å². The lowest BCUT2D eigenvalue weighted by molar-refractivity contribution is -0.121. The lowest BCUT2D eigenvalue weighted by Gasteiger charge is -2.05. The predicted octanol–water partition coefficient (Wildman–Crippen LogP) is 1.11. The van der Waals surface area contributed by atoms with Crippen molar-refractivity contribution in [3.05, 3.63) is 24.4 Å². The van der Waals surface area contributed by atoms with Gasteiger partial charge in [-0.2, -0.15) is 0 Å². The molecule has 0 atom stereocenters. The van der Waals surface area contributed by atoms with Gasteiger partial charge in [0.25, 0.3) is 0 Å². The van der Waals surface area contributed by atoms with Crippen LogP contribution >= 0.6 is 0 Å². The van der Waals surface area contributed by atoms with E-state index in [2.05, 4.69) is 17.2 Å². The molecular weight excluding hydrogens is 204 g/mol. The minimum absolute atomic E-state index is 0.00100. The fourth-order valence-electron chi connectivity index (χ4n) is 1.16. The van der Waals surface area contributed by atoms with Crippen molar-refractivity contribution in [3.8, 4) is 0 Å². The third-order valence-electron chi connectivity index (χ3n) is 2.10. The molecule has 1 rings (SSSR count). The SMILES string of the molecule is C=C(/C=C/C(=O)NC(C)C)NC(=O)C1CC1. The summed E-state index contributed by atoms with van der Waals surface area (Å²) >= 11 is 0. The van der Waals surface area contributed by atoms with Crippen LogP contribution in [-0.4, -0.2) is 17.9 Å². The van der Waals surface area contributed by atoms with Crippen molar-refractivity contribution >= 4 is 11.8 Å².